The molecule has 0 amide bonds. The van der Waals surface area contributed by atoms with Crippen molar-refractivity contribution in [2.45, 2.75) is 18.9 Å². The number of nitrogens with one attached hydrogen (secondary N) is 1. The molecule has 1 saturated carbocycles. The number of nitrogens with zero attached hydrogens (tertiary/aromatic N) is 1. The van der Waals surface area contributed by atoms with Gasteiger partial charge in [0.1, 0.15) is 5.75 Å². The van der Waals surface area contributed by atoms with Gasteiger partial charge in [0.05, 0.1) is 19.8 Å². The molecule has 4 nitrogen and oxygen atoms in total. The number of benzene rings is 1. The van der Waals surface area contributed by atoms with Gasteiger partial charge in [-0.15, -0.1) is 12.4 Å². The molecule has 1 aromatic rings. The van der Waals surface area contributed by atoms with Gasteiger partial charge in [-0.05, 0) is 24.8 Å². The number of rotatable bonds is 7. The molecule has 0 bridgehead atoms. The maximum atomic E-state index is 5.81. The lowest BCUT2D eigenvalue weighted by molar-refractivity contribution is 0.0710. The van der Waals surface area contributed by atoms with Crippen molar-refractivity contribution in [3.8, 4) is 5.75 Å². The Morgan fingerprint density at radius 1 is 1.27 bits per heavy atom. The molecule has 3 rings (SSSR count). The van der Waals surface area contributed by atoms with Crippen molar-refractivity contribution in [3.05, 3.63) is 29.8 Å². The van der Waals surface area contributed by atoms with Crippen LogP contribution in [0.3, 0.4) is 0 Å². The van der Waals surface area contributed by atoms with Crippen LogP contribution in [-0.4, -0.2) is 51.4 Å². The summed E-state index contributed by atoms with van der Waals surface area (Å²) in [6.45, 7) is 5.87. The molecule has 1 unspecified atom stereocenters. The van der Waals surface area contributed by atoms with Crippen molar-refractivity contribution in [1.82, 2.24) is 10.2 Å². The number of para-hydroxylation sites is 1. The largest absolute Gasteiger partial charge is 0.496 e. The van der Waals surface area contributed by atoms with Gasteiger partial charge in [0.15, 0.2) is 0 Å². The fourth-order valence-electron chi connectivity index (χ4n) is 2.98. The number of hydrogen-bond donors (Lipinski definition) is 1. The summed E-state index contributed by atoms with van der Waals surface area (Å²) in [5.41, 5.74) is 1.27. The molecular weight excluding hydrogens is 300 g/mol. The standard InChI is InChI=1S/C17H26N2O2.ClH/c1-20-17-5-3-2-4-15(17)16-12-18-8-9-19(16)10-11-21-13-14-6-7-14;/h2-5,14,16,18H,6-13H2,1H3;1H. The lowest BCUT2D eigenvalue weighted by atomic mass is 10.0. The van der Waals surface area contributed by atoms with Crippen LogP contribution in [0.25, 0.3) is 0 Å². The molecule has 1 aliphatic carbocycles. The highest BCUT2D eigenvalue weighted by molar-refractivity contribution is 5.85. The average Bonchev–Trinajstić information content (AvgIpc) is 3.36. The topological polar surface area (TPSA) is 33.7 Å². The second kappa shape index (κ2) is 8.73. The lowest BCUT2D eigenvalue weighted by Gasteiger charge is -2.37. The third kappa shape index (κ3) is 4.59. The van der Waals surface area contributed by atoms with E-state index in [1.54, 1.807) is 7.11 Å². The molecule has 2 fully saturated rings. The Bertz CT molecular complexity index is 454. The van der Waals surface area contributed by atoms with Crippen LogP contribution < -0.4 is 10.1 Å². The molecule has 5 heteroatoms. The summed E-state index contributed by atoms with van der Waals surface area (Å²) in [7, 11) is 1.75. The molecule has 2 aliphatic rings. The third-order valence-corrected chi connectivity index (χ3v) is 4.43. The van der Waals surface area contributed by atoms with Gasteiger partial charge in [-0.2, -0.15) is 0 Å². The molecule has 1 aliphatic heterocycles. The van der Waals surface area contributed by atoms with E-state index in [-0.39, 0.29) is 12.4 Å². The van der Waals surface area contributed by atoms with Crippen LogP contribution in [0.5, 0.6) is 5.75 Å². The molecular formula is C17H27ClN2O2. The zero-order valence-corrected chi connectivity index (χ0v) is 14.1. The fourth-order valence-corrected chi connectivity index (χ4v) is 2.98. The second-order valence-electron chi connectivity index (χ2n) is 6.02. The van der Waals surface area contributed by atoms with Crippen LogP contribution in [0, 0.1) is 5.92 Å². The summed E-state index contributed by atoms with van der Waals surface area (Å²) < 4.78 is 11.3. The van der Waals surface area contributed by atoms with Crippen molar-refractivity contribution in [1.29, 1.82) is 0 Å². The minimum absolute atomic E-state index is 0. The zero-order chi connectivity index (χ0) is 14.5. The lowest BCUT2D eigenvalue weighted by Crippen LogP contribution is -2.47. The summed E-state index contributed by atoms with van der Waals surface area (Å²) in [6, 6.07) is 8.72. The highest BCUT2D eigenvalue weighted by atomic mass is 35.5. The molecule has 1 atom stereocenters. The summed E-state index contributed by atoms with van der Waals surface area (Å²) in [6.07, 6.45) is 2.72. The Morgan fingerprint density at radius 2 is 2.09 bits per heavy atom. The maximum Gasteiger partial charge on any atom is 0.123 e. The van der Waals surface area contributed by atoms with Crippen LogP contribution >= 0.6 is 12.4 Å². The minimum Gasteiger partial charge on any atom is -0.496 e. The monoisotopic (exact) mass is 326 g/mol. The van der Waals surface area contributed by atoms with Crippen molar-refractivity contribution < 1.29 is 9.47 Å². The first-order chi connectivity index (χ1) is 10.4. The van der Waals surface area contributed by atoms with Crippen molar-refractivity contribution >= 4 is 12.4 Å². The van der Waals surface area contributed by atoms with Crippen LogP contribution in [0.1, 0.15) is 24.4 Å². The predicted molar refractivity (Wildman–Crippen MR) is 91.0 cm³/mol. The molecule has 0 radical (unpaired) electrons. The van der Waals surface area contributed by atoms with E-state index in [1.165, 1.54) is 18.4 Å². The van der Waals surface area contributed by atoms with E-state index >= 15 is 0 Å². The van der Waals surface area contributed by atoms with E-state index in [2.05, 4.69) is 22.3 Å². The second-order valence-corrected chi connectivity index (χ2v) is 6.02. The maximum absolute atomic E-state index is 5.81. The van der Waals surface area contributed by atoms with Crippen LogP contribution in [-0.2, 0) is 4.74 Å². The van der Waals surface area contributed by atoms with E-state index in [9.17, 15) is 0 Å². The molecule has 22 heavy (non-hydrogen) atoms. The van der Waals surface area contributed by atoms with Crippen molar-refractivity contribution in [3.63, 3.8) is 0 Å². The van der Waals surface area contributed by atoms with Crippen molar-refractivity contribution in [2.24, 2.45) is 5.92 Å². The van der Waals surface area contributed by atoms with Gasteiger partial charge in [-0.25, -0.2) is 0 Å². The summed E-state index contributed by atoms with van der Waals surface area (Å²) in [5, 5.41) is 3.50. The molecule has 1 N–H and O–H groups in total. The van der Waals surface area contributed by atoms with Gasteiger partial charge in [0.25, 0.3) is 0 Å². The van der Waals surface area contributed by atoms with Crippen LogP contribution in [0.15, 0.2) is 24.3 Å². The number of methoxy groups -OCH3 is 1. The highest BCUT2D eigenvalue weighted by Gasteiger charge is 2.26. The smallest absolute Gasteiger partial charge is 0.123 e. The molecule has 0 spiro atoms. The molecule has 0 aromatic heterocycles. The first-order valence-corrected chi connectivity index (χ1v) is 8.04. The Kier molecular flexibility index (Phi) is 6.96. The van der Waals surface area contributed by atoms with E-state index in [4.69, 9.17) is 9.47 Å². The molecule has 1 heterocycles. The third-order valence-electron chi connectivity index (χ3n) is 4.43. The fraction of sp³-hybridized carbons (Fsp3) is 0.647. The summed E-state index contributed by atoms with van der Waals surface area (Å²) in [5.74, 6) is 1.83. The van der Waals surface area contributed by atoms with Gasteiger partial charge < -0.3 is 14.8 Å². The highest BCUT2D eigenvalue weighted by Crippen LogP contribution is 2.30. The average molecular weight is 327 g/mol. The van der Waals surface area contributed by atoms with Gasteiger partial charge in [-0.3, -0.25) is 4.90 Å². The van der Waals surface area contributed by atoms with Crippen LogP contribution in [0.4, 0.5) is 0 Å². The van der Waals surface area contributed by atoms with Crippen LogP contribution in [0.2, 0.25) is 0 Å². The number of hydrogen-bond acceptors (Lipinski definition) is 4. The van der Waals surface area contributed by atoms with Gasteiger partial charge in [0.2, 0.25) is 0 Å². The Labute approximate surface area is 139 Å². The Morgan fingerprint density at radius 3 is 2.86 bits per heavy atom. The Balaban J connectivity index is 0.00000176. The predicted octanol–water partition coefficient (Wildman–Crippen LogP) is 2.49. The van der Waals surface area contributed by atoms with E-state index in [0.29, 0.717) is 6.04 Å². The van der Waals surface area contributed by atoms with Gasteiger partial charge in [0, 0.05) is 38.3 Å². The quantitative estimate of drug-likeness (QED) is 0.781. The summed E-state index contributed by atoms with van der Waals surface area (Å²) >= 11 is 0. The first-order valence-electron chi connectivity index (χ1n) is 8.04. The van der Waals surface area contributed by atoms with E-state index in [0.717, 1.165) is 51.1 Å². The number of halogens is 1. The normalized spacial score (nSPS) is 22.1. The molecule has 1 aromatic carbocycles. The number of ether oxygens (including phenoxy) is 2. The van der Waals surface area contributed by atoms with Gasteiger partial charge >= 0.3 is 0 Å². The number of piperazine rings is 1. The molecule has 124 valence electrons. The zero-order valence-electron chi connectivity index (χ0n) is 13.3. The van der Waals surface area contributed by atoms with E-state index < -0.39 is 0 Å². The van der Waals surface area contributed by atoms with E-state index in [1.807, 2.05) is 12.1 Å². The minimum atomic E-state index is 0. The summed E-state index contributed by atoms with van der Waals surface area (Å²) in [4.78, 5) is 2.52. The van der Waals surface area contributed by atoms with Crippen molar-refractivity contribution in [2.75, 3.05) is 46.5 Å². The Hall–Kier alpha value is -0.810. The first kappa shape index (κ1) is 17.5. The SMILES string of the molecule is COc1ccccc1C1CNCCN1CCOCC1CC1.Cl. The molecule has 1 saturated heterocycles. The van der Waals surface area contributed by atoms with Gasteiger partial charge in [-0.1, -0.05) is 18.2 Å².